The van der Waals surface area contributed by atoms with Crippen molar-refractivity contribution in [3.8, 4) is 0 Å². The SMILES string of the molecule is CC1(C)OC(=O)N2C(=O)C(=CCCc3cccc(Cl)c3)c3ccc(Cl)c1c32. The van der Waals surface area contributed by atoms with Gasteiger partial charge in [-0.15, -0.1) is 0 Å². The van der Waals surface area contributed by atoms with Crippen molar-refractivity contribution in [3.05, 3.63) is 69.2 Å². The van der Waals surface area contributed by atoms with Crippen molar-refractivity contribution in [1.29, 1.82) is 0 Å². The van der Waals surface area contributed by atoms with Crippen LogP contribution in [0.1, 0.15) is 37.0 Å². The van der Waals surface area contributed by atoms with Crippen LogP contribution in [-0.4, -0.2) is 12.0 Å². The quantitative estimate of drug-likeness (QED) is 0.615. The first kappa shape index (κ1) is 18.1. The van der Waals surface area contributed by atoms with Crippen molar-refractivity contribution in [1.82, 2.24) is 0 Å². The molecule has 4 rings (SSSR count). The molecule has 0 unspecified atom stereocenters. The fourth-order valence-corrected chi connectivity index (χ4v) is 4.28. The second kappa shape index (κ2) is 6.39. The molecule has 2 amide bonds. The fourth-order valence-electron chi connectivity index (χ4n) is 3.69. The molecule has 0 atom stereocenters. The third kappa shape index (κ3) is 2.93. The van der Waals surface area contributed by atoms with Crippen LogP contribution in [0.3, 0.4) is 0 Å². The number of cyclic esters (lactones) is 1. The van der Waals surface area contributed by atoms with Crippen molar-refractivity contribution in [2.75, 3.05) is 4.90 Å². The second-order valence-corrected chi connectivity index (χ2v) is 7.97. The number of ether oxygens (including phenoxy) is 1. The summed E-state index contributed by atoms with van der Waals surface area (Å²) >= 11 is 12.4. The van der Waals surface area contributed by atoms with Crippen LogP contribution >= 0.6 is 23.2 Å². The van der Waals surface area contributed by atoms with Crippen LogP contribution in [0.25, 0.3) is 5.57 Å². The highest BCUT2D eigenvalue weighted by molar-refractivity contribution is 6.41. The van der Waals surface area contributed by atoms with Crippen LogP contribution in [0.2, 0.25) is 10.0 Å². The molecule has 0 bridgehead atoms. The lowest BCUT2D eigenvalue weighted by molar-refractivity contribution is -0.113. The largest absolute Gasteiger partial charge is 0.438 e. The van der Waals surface area contributed by atoms with Crippen molar-refractivity contribution in [2.24, 2.45) is 0 Å². The van der Waals surface area contributed by atoms with E-state index < -0.39 is 11.7 Å². The van der Waals surface area contributed by atoms with Crippen molar-refractivity contribution in [3.63, 3.8) is 0 Å². The number of benzene rings is 2. The molecule has 138 valence electrons. The van der Waals surface area contributed by atoms with Gasteiger partial charge in [-0.1, -0.05) is 47.5 Å². The van der Waals surface area contributed by atoms with Crippen molar-refractivity contribution >= 4 is 46.5 Å². The first-order valence-corrected chi connectivity index (χ1v) is 9.40. The highest BCUT2D eigenvalue weighted by Crippen LogP contribution is 2.50. The molecule has 27 heavy (non-hydrogen) atoms. The number of imide groups is 1. The summed E-state index contributed by atoms with van der Waals surface area (Å²) in [5.74, 6) is -0.375. The summed E-state index contributed by atoms with van der Waals surface area (Å²) in [5, 5.41) is 1.16. The zero-order valence-corrected chi connectivity index (χ0v) is 16.4. The Morgan fingerprint density at radius 2 is 1.93 bits per heavy atom. The maximum Gasteiger partial charge on any atom is 0.422 e. The minimum Gasteiger partial charge on any atom is -0.438 e. The molecular formula is C21H17Cl2NO3. The van der Waals surface area contributed by atoms with Gasteiger partial charge >= 0.3 is 6.09 Å². The lowest BCUT2D eigenvalue weighted by Crippen LogP contribution is -2.44. The molecule has 0 fully saturated rings. The number of carbonyl (C=O) groups is 2. The van der Waals surface area contributed by atoms with Crippen molar-refractivity contribution < 1.29 is 14.3 Å². The van der Waals surface area contributed by atoms with Gasteiger partial charge < -0.3 is 4.74 Å². The van der Waals surface area contributed by atoms with Gasteiger partial charge in [0.15, 0.2) is 0 Å². The van der Waals surface area contributed by atoms with E-state index in [1.807, 2.05) is 30.3 Å². The minimum absolute atomic E-state index is 0.375. The number of amides is 2. The van der Waals surface area contributed by atoms with Crippen LogP contribution in [0, 0.1) is 0 Å². The average molecular weight is 402 g/mol. The Balaban J connectivity index is 1.73. The van der Waals surface area contributed by atoms with Gasteiger partial charge in [0.1, 0.15) is 5.60 Å². The third-order valence-corrected chi connectivity index (χ3v) is 5.42. The molecule has 0 aliphatic carbocycles. The van der Waals surface area contributed by atoms with Crippen LogP contribution < -0.4 is 4.90 Å². The van der Waals surface area contributed by atoms with Crippen LogP contribution in [0.4, 0.5) is 10.5 Å². The highest BCUT2D eigenvalue weighted by atomic mass is 35.5. The van der Waals surface area contributed by atoms with E-state index in [9.17, 15) is 9.59 Å². The van der Waals surface area contributed by atoms with Crippen molar-refractivity contribution in [2.45, 2.75) is 32.3 Å². The number of allylic oxidation sites excluding steroid dienone is 1. The number of nitrogens with zero attached hydrogens (tertiary/aromatic N) is 1. The van der Waals surface area contributed by atoms with Crippen LogP contribution in [0.5, 0.6) is 0 Å². The van der Waals surface area contributed by atoms with Crippen LogP contribution in [-0.2, 0) is 21.6 Å². The van der Waals surface area contributed by atoms with E-state index in [1.165, 1.54) is 0 Å². The molecule has 2 aliphatic rings. The Hall–Kier alpha value is -2.30. The Morgan fingerprint density at radius 3 is 2.67 bits per heavy atom. The summed E-state index contributed by atoms with van der Waals surface area (Å²) in [5.41, 5.74) is 2.61. The zero-order valence-electron chi connectivity index (χ0n) is 14.9. The molecule has 0 spiro atoms. The van der Waals surface area contributed by atoms with E-state index in [0.717, 1.165) is 22.4 Å². The number of carbonyl (C=O) groups excluding carboxylic acids is 2. The normalized spacial score (nSPS) is 18.7. The Labute approximate surface area is 167 Å². The number of anilines is 1. The smallest absolute Gasteiger partial charge is 0.422 e. The van der Waals surface area contributed by atoms with E-state index >= 15 is 0 Å². The number of halogens is 2. The topological polar surface area (TPSA) is 46.6 Å². The van der Waals surface area contributed by atoms with Crippen LogP contribution in [0.15, 0.2) is 42.5 Å². The van der Waals surface area contributed by atoms with Gasteiger partial charge in [0, 0.05) is 26.7 Å². The molecule has 4 nitrogen and oxygen atoms in total. The monoisotopic (exact) mass is 401 g/mol. The van der Waals surface area contributed by atoms with E-state index in [-0.39, 0.29) is 5.91 Å². The van der Waals surface area contributed by atoms with Gasteiger partial charge in [0.2, 0.25) is 0 Å². The predicted molar refractivity (Wildman–Crippen MR) is 106 cm³/mol. The zero-order chi connectivity index (χ0) is 19.3. The highest BCUT2D eigenvalue weighted by Gasteiger charge is 2.49. The van der Waals surface area contributed by atoms with E-state index in [0.29, 0.717) is 33.3 Å². The van der Waals surface area contributed by atoms with Gasteiger partial charge in [-0.05, 0) is 50.5 Å². The van der Waals surface area contributed by atoms with Gasteiger partial charge in [-0.3, -0.25) is 4.79 Å². The van der Waals surface area contributed by atoms with E-state index in [1.54, 1.807) is 26.0 Å². The summed E-state index contributed by atoms with van der Waals surface area (Å²) < 4.78 is 5.46. The Kier molecular flexibility index (Phi) is 4.28. The number of hydrogen-bond donors (Lipinski definition) is 0. The predicted octanol–water partition coefficient (Wildman–Crippen LogP) is 5.74. The fraction of sp³-hybridized carbons (Fsp3) is 0.238. The lowest BCUT2D eigenvalue weighted by Gasteiger charge is -2.36. The second-order valence-electron chi connectivity index (χ2n) is 7.12. The summed E-state index contributed by atoms with van der Waals surface area (Å²) in [7, 11) is 0. The Bertz CT molecular complexity index is 1010. The molecule has 2 aromatic carbocycles. The molecule has 2 heterocycles. The standard InChI is InChI=1S/C21H17Cl2NO3/c1-21(2)17-16(23)10-9-14-15(19(25)24(18(14)17)20(26)27-21)8-4-6-12-5-3-7-13(22)11-12/h3,5,7-11H,4,6H2,1-2H3. The summed E-state index contributed by atoms with van der Waals surface area (Å²) in [6.07, 6.45) is 2.58. The number of hydrogen-bond acceptors (Lipinski definition) is 3. The summed E-state index contributed by atoms with van der Waals surface area (Å²) in [4.78, 5) is 26.4. The van der Waals surface area contributed by atoms with Gasteiger partial charge in [-0.25, -0.2) is 9.69 Å². The Morgan fingerprint density at radius 1 is 1.15 bits per heavy atom. The molecule has 0 N–H and O–H groups in total. The molecule has 6 heteroatoms. The molecule has 0 saturated heterocycles. The molecule has 2 aromatic rings. The van der Waals surface area contributed by atoms with Gasteiger partial charge in [-0.2, -0.15) is 0 Å². The summed E-state index contributed by atoms with van der Waals surface area (Å²) in [6.45, 7) is 3.55. The lowest BCUT2D eigenvalue weighted by atomic mass is 9.91. The third-order valence-electron chi connectivity index (χ3n) is 4.87. The van der Waals surface area contributed by atoms with Gasteiger partial charge in [0.25, 0.3) is 5.91 Å². The maximum atomic E-state index is 12.9. The molecular weight excluding hydrogens is 385 g/mol. The number of rotatable bonds is 3. The number of aryl methyl sites for hydroxylation is 1. The minimum atomic E-state index is -0.896. The first-order valence-electron chi connectivity index (χ1n) is 8.65. The van der Waals surface area contributed by atoms with E-state index in [4.69, 9.17) is 27.9 Å². The van der Waals surface area contributed by atoms with E-state index in [2.05, 4.69) is 0 Å². The maximum absolute atomic E-state index is 12.9. The van der Waals surface area contributed by atoms with Gasteiger partial charge in [0.05, 0.1) is 5.69 Å². The molecule has 2 aliphatic heterocycles. The molecule has 0 aromatic heterocycles. The average Bonchev–Trinajstić information content (AvgIpc) is 2.85. The first-order chi connectivity index (χ1) is 12.8. The summed E-state index contributed by atoms with van der Waals surface area (Å²) in [6, 6.07) is 11.2. The molecule has 0 radical (unpaired) electrons. The molecule has 0 saturated carbocycles.